The number of hydrogen-bond acceptors (Lipinski definition) is 5. The van der Waals surface area contributed by atoms with E-state index in [1.54, 1.807) is 0 Å². The molecule has 0 aromatic rings. The van der Waals surface area contributed by atoms with Crippen molar-refractivity contribution >= 4 is 16.0 Å². The first-order valence-corrected chi connectivity index (χ1v) is 4.82. The summed E-state index contributed by atoms with van der Waals surface area (Å²) in [4.78, 5) is 10.5. The van der Waals surface area contributed by atoms with E-state index in [1.807, 2.05) is 4.72 Å². The lowest BCUT2D eigenvalue weighted by atomic mass is 10.7. The Bertz CT molecular complexity index is 234. The van der Waals surface area contributed by atoms with Crippen molar-refractivity contribution in [2.45, 2.75) is 0 Å². The molecule has 0 unspecified atom stereocenters. The molecule has 0 aromatic heterocycles. The van der Waals surface area contributed by atoms with Crippen molar-refractivity contribution in [3.05, 3.63) is 0 Å². The Morgan fingerprint density at radius 1 is 1.58 bits per heavy atom. The fourth-order valence-corrected chi connectivity index (χ4v) is 1.16. The lowest BCUT2D eigenvalue weighted by Crippen LogP contribution is -2.32. The van der Waals surface area contributed by atoms with E-state index in [0.29, 0.717) is 0 Å². The van der Waals surface area contributed by atoms with Gasteiger partial charge in [0.15, 0.2) is 0 Å². The second-order valence-corrected chi connectivity index (χ2v) is 3.87. The summed E-state index contributed by atoms with van der Waals surface area (Å²) in [6, 6.07) is 0. The predicted octanol–water partition coefficient (Wildman–Crippen LogP) is -1.93. The van der Waals surface area contributed by atoms with Crippen molar-refractivity contribution in [2.24, 2.45) is 0 Å². The van der Waals surface area contributed by atoms with Gasteiger partial charge in [0.1, 0.15) is 6.54 Å². The maximum atomic E-state index is 10.8. The van der Waals surface area contributed by atoms with Crippen LogP contribution in [0.15, 0.2) is 0 Å². The highest BCUT2D eigenvalue weighted by atomic mass is 32.2. The first-order chi connectivity index (χ1) is 5.52. The van der Waals surface area contributed by atoms with Crippen molar-refractivity contribution < 1.29 is 23.1 Å². The molecule has 0 amide bonds. The van der Waals surface area contributed by atoms with E-state index in [9.17, 15) is 13.2 Å². The van der Waals surface area contributed by atoms with Crippen molar-refractivity contribution in [1.82, 2.24) is 4.72 Å². The van der Waals surface area contributed by atoms with Crippen LogP contribution in [0.4, 0.5) is 0 Å². The molecule has 0 fully saturated rings. The number of ether oxygens (including phenoxy) is 1. The third-order valence-corrected chi connectivity index (χ3v) is 2.33. The van der Waals surface area contributed by atoms with Crippen LogP contribution in [0.5, 0.6) is 0 Å². The number of sulfonamides is 1. The molecular weight excluding hydrogens is 186 g/mol. The molecule has 2 N–H and O–H groups in total. The van der Waals surface area contributed by atoms with Crippen LogP contribution in [0.25, 0.3) is 0 Å². The molecule has 0 aliphatic heterocycles. The molecule has 0 bridgehead atoms. The van der Waals surface area contributed by atoms with E-state index in [4.69, 9.17) is 5.11 Å². The third-order valence-electron chi connectivity index (χ3n) is 1.02. The summed E-state index contributed by atoms with van der Waals surface area (Å²) < 4.78 is 27.7. The van der Waals surface area contributed by atoms with Crippen LogP contribution in [0.1, 0.15) is 0 Å². The van der Waals surface area contributed by atoms with Gasteiger partial charge in [0.2, 0.25) is 10.0 Å². The van der Waals surface area contributed by atoms with Gasteiger partial charge in [-0.15, -0.1) is 0 Å². The van der Waals surface area contributed by atoms with Gasteiger partial charge in [-0.05, 0) is 0 Å². The van der Waals surface area contributed by atoms with Crippen LogP contribution < -0.4 is 4.72 Å². The topological polar surface area (TPSA) is 92.7 Å². The minimum Gasteiger partial charge on any atom is -0.468 e. The van der Waals surface area contributed by atoms with Crippen LogP contribution >= 0.6 is 0 Å². The van der Waals surface area contributed by atoms with Gasteiger partial charge in [-0.25, -0.2) is 13.1 Å². The van der Waals surface area contributed by atoms with Gasteiger partial charge in [-0.1, -0.05) is 0 Å². The average molecular weight is 197 g/mol. The standard InChI is InChI=1S/C5H11NO5S/c1-11-5(8)4-6-12(9,10)3-2-7/h6-7H,2-4H2,1H3. The van der Waals surface area contributed by atoms with Crippen LogP contribution in [0.2, 0.25) is 0 Å². The quantitative estimate of drug-likeness (QED) is 0.501. The number of carbonyl (C=O) groups excluding carboxylic acids is 1. The molecular formula is C5H11NO5S. The van der Waals surface area contributed by atoms with Gasteiger partial charge in [-0.2, -0.15) is 0 Å². The maximum Gasteiger partial charge on any atom is 0.320 e. The Hall–Kier alpha value is -0.660. The maximum absolute atomic E-state index is 10.8. The number of nitrogens with one attached hydrogen (secondary N) is 1. The summed E-state index contributed by atoms with van der Waals surface area (Å²) >= 11 is 0. The molecule has 0 heterocycles. The summed E-state index contributed by atoms with van der Waals surface area (Å²) in [7, 11) is -2.38. The minimum absolute atomic E-state index is 0.404. The normalized spacial score (nSPS) is 11.2. The SMILES string of the molecule is COC(=O)CNS(=O)(=O)CCO. The molecule has 7 heteroatoms. The first kappa shape index (κ1) is 11.3. The largest absolute Gasteiger partial charge is 0.468 e. The number of aliphatic hydroxyl groups is 1. The lowest BCUT2D eigenvalue weighted by molar-refractivity contribution is -0.139. The van der Waals surface area contributed by atoms with Crippen LogP contribution in [-0.2, 0) is 19.6 Å². The van der Waals surface area contributed by atoms with Crippen molar-refractivity contribution in [1.29, 1.82) is 0 Å². The summed E-state index contributed by atoms with van der Waals surface area (Å²) in [5, 5.41) is 8.29. The molecule has 0 aromatic carbocycles. The van der Waals surface area contributed by atoms with Crippen molar-refractivity contribution in [2.75, 3.05) is 26.0 Å². The molecule has 0 saturated carbocycles. The third kappa shape index (κ3) is 5.05. The van der Waals surface area contributed by atoms with E-state index in [0.717, 1.165) is 7.11 Å². The molecule has 12 heavy (non-hydrogen) atoms. The monoisotopic (exact) mass is 197 g/mol. The Balaban J connectivity index is 3.84. The zero-order valence-corrected chi connectivity index (χ0v) is 7.43. The smallest absolute Gasteiger partial charge is 0.320 e. The molecule has 0 rings (SSSR count). The number of carbonyl (C=O) groups is 1. The zero-order chi connectivity index (χ0) is 9.61. The Morgan fingerprint density at radius 3 is 2.58 bits per heavy atom. The molecule has 0 aliphatic rings. The Morgan fingerprint density at radius 2 is 2.17 bits per heavy atom. The summed E-state index contributed by atoms with van der Waals surface area (Å²) in [6.45, 7) is -0.880. The minimum atomic E-state index is -3.54. The van der Waals surface area contributed by atoms with Gasteiger partial charge in [-0.3, -0.25) is 4.79 Å². The number of rotatable bonds is 5. The number of aliphatic hydroxyl groups excluding tert-OH is 1. The van der Waals surface area contributed by atoms with Gasteiger partial charge in [0, 0.05) is 0 Å². The zero-order valence-electron chi connectivity index (χ0n) is 6.61. The van der Waals surface area contributed by atoms with E-state index >= 15 is 0 Å². The lowest BCUT2D eigenvalue weighted by Gasteiger charge is -2.02. The second kappa shape index (κ2) is 5.07. The molecule has 6 nitrogen and oxygen atoms in total. The second-order valence-electron chi connectivity index (χ2n) is 1.94. The molecule has 0 saturated heterocycles. The van der Waals surface area contributed by atoms with Gasteiger partial charge in [0.25, 0.3) is 0 Å². The highest BCUT2D eigenvalue weighted by Gasteiger charge is 2.10. The molecule has 0 spiro atoms. The molecule has 72 valence electrons. The highest BCUT2D eigenvalue weighted by Crippen LogP contribution is 1.82. The summed E-state index contributed by atoms with van der Waals surface area (Å²) in [6.07, 6.45) is 0. The van der Waals surface area contributed by atoms with Gasteiger partial charge < -0.3 is 9.84 Å². The van der Waals surface area contributed by atoms with Crippen LogP contribution in [-0.4, -0.2) is 45.5 Å². The van der Waals surface area contributed by atoms with Gasteiger partial charge in [0.05, 0.1) is 19.5 Å². The van der Waals surface area contributed by atoms with Crippen LogP contribution in [0.3, 0.4) is 0 Å². The Labute approximate surface area is 70.6 Å². The number of hydrogen-bond donors (Lipinski definition) is 2. The summed E-state index contributed by atoms with van der Waals surface area (Å²) in [5.41, 5.74) is 0. The van der Waals surface area contributed by atoms with E-state index in [1.165, 1.54) is 0 Å². The number of methoxy groups -OCH3 is 1. The molecule has 0 radical (unpaired) electrons. The highest BCUT2D eigenvalue weighted by molar-refractivity contribution is 7.89. The number of esters is 1. The average Bonchev–Trinajstić information content (AvgIpc) is 2.00. The Kier molecular flexibility index (Phi) is 4.79. The van der Waals surface area contributed by atoms with Crippen molar-refractivity contribution in [3.8, 4) is 0 Å². The fourth-order valence-electron chi connectivity index (χ4n) is 0.433. The van der Waals surface area contributed by atoms with E-state index in [2.05, 4.69) is 4.74 Å². The molecule has 0 atom stereocenters. The summed E-state index contributed by atoms with van der Waals surface area (Å²) in [5.74, 6) is -1.08. The fraction of sp³-hybridized carbons (Fsp3) is 0.800. The molecule has 0 aliphatic carbocycles. The van der Waals surface area contributed by atoms with E-state index < -0.39 is 34.9 Å². The van der Waals surface area contributed by atoms with Crippen LogP contribution in [0, 0.1) is 0 Å². The van der Waals surface area contributed by atoms with Gasteiger partial charge >= 0.3 is 5.97 Å². The predicted molar refractivity (Wildman–Crippen MR) is 40.9 cm³/mol. The van der Waals surface area contributed by atoms with Crippen molar-refractivity contribution in [3.63, 3.8) is 0 Å². The first-order valence-electron chi connectivity index (χ1n) is 3.17. The van der Waals surface area contributed by atoms with E-state index in [-0.39, 0.29) is 0 Å².